The van der Waals surface area contributed by atoms with Crippen LogP contribution >= 0.6 is 0 Å². The highest BCUT2D eigenvalue weighted by Crippen LogP contribution is 2.08. The third-order valence-corrected chi connectivity index (χ3v) is 3.41. The van der Waals surface area contributed by atoms with Crippen LogP contribution in [0.15, 0.2) is 42.5 Å². The maximum Gasteiger partial charge on any atom is 0.255 e. The van der Waals surface area contributed by atoms with E-state index < -0.39 is 0 Å². The molecule has 2 aromatic heterocycles. The molecular weight excluding hydrogens is 290 g/mol. The highest BCUT2D eigenvalue weighted by atomic mass is 16.1. The van der Waals surface area contributed by atoms with Crippen molar-refractivity contribution < 1.29 is 4.79 Å². The van der Waals surface area contributed by atoms with E-state index in [0.717, 1.165) is 17.0 Å². The molecule has 6 heteroatoms. The molecule has 3 aromatic rings. The van der Waals surface area contributed by atoms with Crippen LogP contribution in [0, 0.1) is 13.8 Å². The number of hydrogen-bond donors (Lipinski definition) is 1. The van der Waals surface area contributed by atoms with Gasteiger partial charge in [-0.2, -0.15) is 0 Å². The number of nitrogens with zero attached hydrogens (tertiary/aromatic N) is 4. The summed E-state index contributed by atoms with van der Waals surface area (Å²) < 4.78 is 1.84. The minimum Gasteiger partial charge on any atom is -0.345 e. The van der Waals surface area contributed by atoms with Gasteiger partial charge in [-0.05, 0) is 31.6 Å². The molecule has 116 valence electrons. The molecule has 23 heavy (non-hydrogen) atoms. The fraction of sp³-hybridized carbons (Fsp3) is 0.176. The lowest BCUT2D eigenvalue weighted by molar-refractivity contribution is -0.116. The normalized spacial score (nSPS) is 11.2. The van der Waals surface area contributed by atoms with Gasteiger partial charge in [-0.25, -0.2) is 4.98 Å². The fourth-order valence-corrected chi connectivity index (χ4v) is 2.37. The van der Waals surface area contributed by atoms with E-state index in [4.69, 9.17) is 0 Å². The monoisotopic (exact) mass is 307 g/mol. The maximum absolute atomic E-state index is 11.9. The summed E-state index contributed by atoms with van der Waals surface area (Å²) in [7, 11) is 0. The molecule has 0 fully saturated rings. The quantitative estimate of drug-likeness (QED) is 0.749. The fourth-order valence-electron chi connectivity index (χ4n) is 2.37. The van der Waals surface area contributed by atoms with E-state index in [-0.39, 0.29) is 5.91 Å². The zero-order valence-corrected chi connectivity index (χ0v) is 13.0. The first-order valence-corrected chi connectivity index (χ1v) is 7.33. The van der Waals surface area contributed by atoms with Crippen molar-refractivity contribution in [1.82, 2.24) is 24.9 Å². The second-order valence-electron chi connectivity index (χ2n) is 5.25. The number of carbonyl (C=O) groups is 1. The Kier molecular flexibility index (Phi) is 4.14. The average Bonchev–Trinajstić information content (AvgIpc) is 2.95. The second kappa shape index (κ2) is 6.39. The summed E-state index contributed by atoms with van der Waals surface area (Å²) in [6.07, 6.45) is 3.28. The Morgan fingerprint density at radius 1 is 1.22 bits per heavy atom. The zero-order chi connectivity index (χ0) is 16.2. The summed E-state index contributed by atoms with van der Waals surface area (Å²) in [5.41, 5.74) is 2.86. The highest BCUT2D eigenvalue weighted by Gasteiger charge is 2.09. The molecule has 0 unspecified atom stereocenters. The highest BCUT2D eigenvalue weighted by molar-refractivity contribution is 5.91. The van der Waals surface area contributed by atoms with Crippen molar-refractivity contribution >= 4 is 17.8 Å². The van der Waals surface area contributed by atoms with Crippen LogP contribution < -0.4 is 5.32 Å². The molecule has 0 aliphatic rings. The summed E-state index contributed by atoms with van der Waals surface area (Å²) in [5.74, 6) is 1.03. The summed E-state index contributed by atoms with van der Waals surface area (Å²) in [4.78, 5) is 16.2. The molecule has 0 aliphatic heterocycles. The van der Waals surface area contributed by atoms with Crippen LogP contribution in [0.3, 0.4) is 0 Å². The van der Waals surface area contributed by atoms with E-state index in [9.17, 15) is 4.79 Å². The van der Waals surface area contributed by atoms with Crippen LogP contribution in [0.2, 0.25) is 0 Å². The molecule has 3 rings (SSSR count). The van der Waals surface area contributed by atoms with E-state index in [2.05, 4.69) is 20.5 Å². The number of hydrogen-bond acceptors (Lipinski definition) is 4. The molecular formula is C17H17N5O. The van der Waals surface area contributed by atoms with Crippen LogP contribution in [-0.2, 0) is 11.3 Å². The molecule has 0 atom stereocenters. The van der Waals surface area contributed by atoms with Gasteiger partial charge in [-0.3, -0.25) is 9.20 Å². The van der Waals surface area contributed by atoms with Gasteiger partial charge in [0.05, 0.1) is 6.54 Å². The van der Waals surface area contributed by atoms with Gasteiger partial charge < -0.3 is 5.32 Å². The van der Waals surface area contributed by atoms with Gasteiger partial charge in [0.15, 0.2) is 5.82 Å². The van der Waals surface area contributed by atoms with E-state index in [0.29, 0.717) is 18.1 Å². The van der Waals surface area contributed by atoms with Gasteiger partial charge in [0, 0.05) is 17.5 Å². The standard InChI is InChI=1S/C17H17N5O/c1-12-10-13(2)22-15(20-21-17(22)19-12)11-18-16(23)9-8-14-6-4-3-5-7-14/h3-10H,11H2,1-2H3,(H,18,23)/b9-8+. The topological polar surface area (TPSA) is 72.2 Å². The van der Waals surface area contributed by atoms with Crippen molar-refractivity contribution in [1.29, 1.82) is 0 Å². The minimum absolute atomic E-state index is 0.177. The van der Waals surface area contributed by atoms with Crippen molar-refractivity contribution in [2.75, 3.05) is 0 Å². The van der Waals surface area contributed by atoms with Gasteiger partial charge in [0.1, 0.15) is 0 Å². The van der Waals surface area contributed by atoms with Crippen LogP contribution in [-0.4, -0.2) is 25.5 Å². The summed E-state index contributed by atoms with van der Waals surface area (Å²) in [6, 6.07) is 11.6. The van der Waals surface area contributed by atoms with Crippen molar-refractivity contribution in [2.24, 2.45) is 0 Å². The van der Waals surface area contributed by atoms with Gasteiger partial charge in [0.25, 0.3) is 5.78 Å². The Hall–Kier alpha value is -3.02. The van der Waals surface area contributed by atoms with E-state index in [1.165, 1.54) is 6.08 Å². The van der Waals surface area contributed by atoms with Gasteiger partial charge in [-0.15, -0.1) is 10.2 Å². The smallest absolute Gasteiger partial charge is 0.255 e. The Morgan fingerprint density at radius 3 is 2.78 bits per heavy atom. The first-order valence-electron chi connectivity index (χ1n) is 7.33. The Bertz CT molecular complexity index is 867. The second-order valence-corrected chi connectivity index (χ2v) is 5.25. The van der Waals surface area contributed by atoms with E-state index in [1.807, 2.05) is 54.6 Å². The molecule has 0 saturated heterocycles. The van der Waals surface area contributed by atoms with Gasteiger partial charge in [-0.1, -0.05) is 30.3 Å². The van der Waals surface area contributed by atoms with Crippen molar-refractivity contribution in [3.05, 3.63) is 65.2 Å². The number of amides is 1. The molecule has 0 radical (unpaired) electrons. The van der Waals surface area contributed by atoms with Crippen LogP contribution in [0.1, 0.15) is 22.8 Å². The zero-order valence-electron chi connectivity index (χ0n) is 13.0. The van der Waals surface area contributed by atoms with E-state index >= 15 is 0 Å². The van der Waals surface area contributed by atoms with Crippen molar-refractivity contribution in [2.45, 2.75) is 20.4 Å². The lowest BCUT2D eigenvalue weighted by Crippen LogP contribution is -2.22. The molecule has 6 nitrogen and oxygen atoms in total. The summed E-state index contributed by atoms with van der Waals surface area (Å²) >= 11 is 0. The number of nitrogens with one attached hydrogen (secondary N) is 1. The van der Waals surface area contributed by atoms with Crippen LogP contribution in [0.25, 0.3) is 11.9 Å². The predicted molar refractivity (Wildman–Crippen MR) is 87.6 cm³/mol. The molecule has 0 bridgehead atoms. The third-order valence-electron chi connectivity index (χ3n) is 3.41. The minimum atomic E-state index is -0.177. The van der Waals surface area contributed by atoms with Gasteiger partial charge in [0.2, 0.25) is 5.91 Å². The molecule has 0 saturated carbocycles. The molecule has 2 heterocycles. The summed E-state index contributed by atoms with van der Waals surface area (Å²) in [6.45, 7) is 4.17. The maximum atomic E-state index is 11.9. The van der Waals surface area contributed by atoms with Crippen molar-refractivity contribution in [3.8, 4) is 0 Å². The van der Waals surface area contributed by atoms with Gasteiger partial charge >= 0.3 is 0 Å². The lowest BCUT2D eigenvalue weighted by Gasteiger charge is -2.04. The number of aromatic nitrogens is 4. The molecule has 0 aliphatic carbocycles. The number of aryl methyl sites for hydroxylation is 2. The van der Waals surface area contributed by atoms with Crippen LogP contribution in [0.4, 0.5) is 0 Å². The Labute approximate surface area is 133 Å². The summed E-state index contributed by atoms with van der Waals surface area (Å²) in [5, 5.41) is 11.0. The Morgan fingerprint density at radius 2 is 2.00 bits per heavy atom. The molecule has 1 N–H and O–H groups in total. The molecule has 1 aromatic carbocycles. The number of rotatable bonds is 4. The van der Waals surface area contributed by atoms with Crippen molar-refractivity contribution in [3.63, 3.8) is 0 Å². The first-order chi connectivity index (χ1) is 11.1. The number of carbonyl (C=O) groups excluding carboxylic acids is 1. The average molecular weight is 307 g/mol. The molecule has 1 amide bonds. The molecule has 0 spiro atoms. The third kappa shape index (κ3) is 3.42. The lowest BCUT2D eigenvalue weighted by atomic mass is 10.2. The SMILES string of the molecule is Cc1cc(C)n2c(CNC(=O)/C=C/c3ccccc3)nnc2n1. The number of fused-ring (bicyclic) bond motifs is 1. The number of benzene rings is 1. The largest absolute Gasteiger partial charge is 0.345 e. The Balaban J connectivity index is 1.69. The first kappa shape index (κ1) is 14.9. The van der Waals surface area contributed by atoms with E-state index in [1.54, 1.807) is 6.08 Å². The predicted octanol–water partition coefficient (Wildman–Crippen LogP) is 2.07. The van der Waals surface area contributed by atoms with Crippen LogP contribution in [0.5, 0.6) is 0 Å².